The molecule has 0 saturated heterocycles. The fourth-order valence-corrected chi connectivity index (χ4v) is 2.53. The van der Waals surface area contributed by atoms with Crippen molar-refractivity contribution in [1.29, 1.82) is 0 Å². The van der Waals surface area contributed by atoms with Crippen molar-refractivity contribution in [2.45, 2.75) is 46.5 Å². The zero-order valence-corrected chi connectivity index (χ0v) is 13.5. The van der Waals surface area contributed by atoms with E-state index in [2.05, 4.69) is 61.9 Å². The predicted octanol–water partition coefficient (Wildman–Crippen LogP) is 3.78. The molecular formula is C18H25N3. The lowest BCUT2D eigenvalue weighted by molar-refractivity contribution is 0.806. The molecule has 1 aromatic carbocycles. The summed E-state index contributed by atoms with van der Waals surface area (Å²) in [5, 5.41) is 0. The Labute approximate surface area is 127 Å². The van der Waals surface area contributed by atoms with Crippen molar-refractivity contribution in [3.8, 4) is 11.4 Å². The van der Waals surface area contributed by atoms with Gasteiger partial charge in [0, 0.05) is 17.0 Å². The van der Waals surface area contributed by atoms with E-state index in [-0.39, 0.29) is 0 Å². The van der Waals surface area contributed by atoms with Crippen molar-refractivity contribution in [3.63, 3.8) is 0 Å². The van der Waals surface area contributed by atoms with Gasteiger partial charge in [-0.05, 0) is 50.3 Å². The van der Waals surface area contributed by atoms with Crippen molar-refractivity contribution in [1.82, 2.24) is 9.97 Å². The molecule has 112 valence electrons. The number of nitrogens with two attached hydrogens (primary N) is 1. The minimum atomic E-state index is 0.544. The van der Waals surface area contributed by atoms with Crippen LogP contribution in [-0.2, 0) is 6.42 Å². The Hall–Kier alpha value is -1.74. The molecule has 0 unspecified atom stereocenters. The molecule has 2 aromatic rings. The normalized spacial score (nSPS) is 11.1. The monoisotopic (exact) mass is 283 g/mol. The highest BCUT2D eigenvalue weighted by Crippen LogP contribution is 2.22. The van der Waals surface area contributed by atoms with E-state index < -0.39 is 0 Å². The molecule has 0 saturated carbocycles. The lowest BCUT2D eigenvalue weighted by Crippen LogP contribution is -2.06. The average Bonchev–Trinajstić information content (AvgIpc) is 2.46. The predicted molar refractivity (Wildman–Crippen MR) is 88.4 cm³/mol. The van der Waals surface area contributed by atoms with Gasteiger partial charge in [-0.3, -0.25) is 0 Å². The standard InChI is InChI=1S/C18H25N3/c1-12(2)15-7-9-16(10-8-15)18-20-13(3)17(6-5-11-19)14(4)21-18/h7-10,12H,5-6,11,19H2,1-4H3. The smallest absolute Gasteiger partial charge is 0.159 e. The third-order valence-electron chi connectivity index (χ3n) is 3.89. The van der Waals surface area contributed by atoms with Gasteiger partial charge in [0.2, 0.25) is 0 Å². The van der Waals surface area contributed by atoms with Crippen LogP contribution in [0, 0.1) is 13.8 Å². The Balaban J connectivity index is 2.32. The van der Waals surface area contributed by atoms with Gasteiger partial charge in [0.15, 0.2) is 5.82 Å². The molecule has 0 spiro atoms. The summed E-state index contributed by atoms with van der Waals surface area (Å²) in [6.07, 6.45) is 1.94. The molecule has 21 heavy (non-hydrogen) atoms. The van der Waals surface area contributed by atoms with Gasteiger partial charge in [0.05, 0.1) is 0 Å². The van der Waals surface area contributed by atoms with Crippen LogP contribution in [0.5, 0.6) is 0 Å². The van der Waals surface area contributed by atoms with E-state index in [1.165, 1.54) is 11.1 Å². The Morgan fingerprint density at radius 1 is 1.00 bits per heavy atom. The molecule has 0 atom stereocenters. The average molecular weight is 283 g/mol. The molecule has 3 heteroatoms. The minimum Gasteiger partial charge on any atom is -0.330 e. The molecule has 0 aliphatic rings. The Morgan fingerprint density at radius 2 is 1.57 bits per heavy atom. The first-order chi connectivity index (χ1) is 10.0. The molecule has 3 nitrogen and oxygen atoms in total. The number of rotatable bonds is 5. The molecule has 1 aromatic heterocycles. The van der Waals surface area contributed by atoms with Gasteiger partial charge in [-0.1, -0.05) is 38.1 Å². The summed E-state index contributed by atoms with van der Waals surface area (Å²) in [7, 11) is 0. The summed E-state index contributed by atoms with van der Waals surface area (Å²) < 4.78 is 0. The summed E-state index contributed by atoms with van der Waals surface area (Å²) in [5.41, 5.74) is 11.4. The van der Waals surface area contributed by atoms with Crippen LogP contribution < -0.4 is 5.73 Å². The second-order valence-corrected chi connectivity index (χ2v) is 5.87. The van der Waals surface area contributed by atoms with Crippen LogP contribution in [0.15, 0.2) is 24.3 Å². The Bertz CT molecular complexity index is 577. The van der Waals surface area contributed by atoms with Gasteiger partial charge in [-0.25, -0.2) is 9.97 Å². The van der Waals surface area contributed by atoms with Gasteiger partial charge >= 0.3 is 0 Å². The molecule has 0 fully saturated rings. The molecule has 2 rings (SSSR count). The van der Waals surface area contributed by atoms with E-state index in [4.69, 9.17) is 5.73 Å². The summed E-state index contributed by atoms with van der Waals surface area (Å²) in [4.78, 5) is 9.36. The van der Waals surface area contributed by atoms with E-state index >= 15 is 0 Å². The molecule has 0 bridgehead atoms. The summed E-state index contributed by atoms with van der Waals surface area (Å²) in [5.74, 6) is 1.36. The number of nitrogens with zero attached hydrogens (tertiary/aromatic N) is 2. The van der Waals surface area contributed by atoms with Crippen molar-refractivity contribution in [3.05, 3.63) is 46.8 Å². The zero-order valence-electron chi connectivity index (χ0n) is 13.5. The van der Waals surface area contributed by atoms with Crippen LogP contribution in [0.1, 0.15) is 48.7 Å². The molecule has 0 aliphatic carbocycles. The van der Waals surface area contributed by atoms with Crippen LogP contribution in [0.2, 0.25) is 0 Å². The van der Waals surface area contributed by atoms with E-state index in [9.17, 15) is 0 Å². The molecule has 2 N–H and O–H groups in total. The van der Waals surface area contributed by atoms with E-state index in [0.717, 1.165) is 35.6 Å². The molecule has 1 heterocycles. The number of hydrogen-bond acceptors (Lipinski definition) is 3. The summed E-state index contributed by atoms with van der Waals surface area (Å²) in [6, 6.07) is 8.55. The van der Waals surface area contributed by atoms with Crippen LogP contribution >= 0.6 is 0 Å². The molecule has 0 amide bonds. The second kappa shape index (κ2) is 6.81. The lowest BCUT2D eigenvalue weighted by Gasteiger charge is -2.11. The van der Waals surface area contributed by atoms with Gasteiger partial charge in [-0.2, -0.15) is 0 Å². The SMILES string of the molecule is Cc1nc(-c2ccc(C(C)C)cc2)nc(C)c1CCCN. The molecule has 0 aliphatic heterocycles. The lowest BCUT2D eigenvalue weighted by atomic mass is 10.0. The van der Waals surface area contributed by atoms with E-state index in [0.29, 0.717) is 12.5 Å². The number of aryl methyl sites for hydroxylation is 2. The van der Waals surface area contributed by atoms with E-state index in [1.54, 1.807) is 0 Å². The van der Waals surface area contributed by atoms with Gasteiger partial charge in [0.1, 0.15) is 0 Å². The van der Waals surface area contributed by atoms with Crippen molar-refractivity contribution >= 4 is 0 Å². The highest BCUT2D eigenvalue weighted by Gasteiger charge is 2.10. The zero-order chi connectivity index (χ0) is 15.4. The fourth-order valence-electron chi connectivity index (χ4n) is 2.53. The van der Waals surface area contributed by atoms with Crippen LogP contribution in [0.3, 0.4) is 0 Å². The van der Waals surface area contributed by atoms with Gasteiger partial charge < -0.3 is 5.73 Å². The Kier molecular flexibility index (Phi) is 5.07. The van der Waals surface area contributed by atoms with Gasteiger partial charge in [0.25, 0.3) is 0 Å². The van der Waals surface area contributed by atoms with Crippen LogP contribution in [-0.4, -0.2) is 16.5 Å². The first-order valence-electron chi connectivity index (χ1n) is 7.67. The first-order valence-corrected chi connectivity index (χ1v) is 7.67. The van der Waals surface area contributed by atoms with E-state index in [1.807, 2.05) is 0 Å². The largest absolute Gasteiger partial charge is 0.330 e. The van der Waals surface area contributed by atoms with Crippen LogP contribution in [0.4, 0.5) is 0 Å². The number of aromatic nitrogens is 2. The van der Waals surface area contributed by atoms with Crippen LogP contribution in [0.25, 0.3) is 11.4 Å². The second-order valence-electron chi connectivity index (χ2n) is 5.87. The van der Waals surface area contributed by atoms with Gasteiger partial charge in [-0.15, -0.1) is 0 Å². The molecule has 0 radical (unpaired) electrons. The summed E-state index contributed by atoms with van der Waals surface area (Å²) >= 11 is 0. The third-order valence-corrected chi connectivity index (χ3v) is 3.89. The van der Waals surface area contributed by atoms with Crippen molar-refractivity contribution in [2.24, 2.45) is 5.73 Å². The highest BCUT2D eigenvalue weighted by molar-refractivity contribution is 5.56. The van der Waals surface area contributed by atoms with Crippen molar-refractivity contribution < 1.29 is 0 Å². The number of hydrogen-bond donors (Lipinski definition) is 1. The fraction of sp³-hybridized carbons (Fsp3) is 0.444. The quantitative estimate of drug-likeness (QED) is 0.908. The highest BCUT2D eigenvalue weighted by atomic mass is 14.9. The van der Waals surface area contributed by atoms with Crippen molar-refractivity contribution in [2.75, 3.05) is 6.54 Å². The maximum Gasteiger partial charge on any atom is 0.159 e. The minimum absolute atomic E-state index is 0.544. The maximum atomic E-state index is 5.60. The third kappa shape index (κ3) is 3.67. The topological polar surface area (TPSA) is 51.8 Å². The molecular weight excluding hydrogens is 258 g/mol. The first kappa shape index (κ1) is 15.6. The summed E-state index contributed by atoms with van der Waals surface area (Å²) in [6.45, 7) is 9.23. The Morgan fingerprint density at radius 3 is 2.05 bits per heavy atom. The number of benzene rings is 1. The maximum absolute atomic E-state index is 5.60.